The topological polar surface area (TPSA) is 76.2 Å². The minimum Gasteiger partial charge on any atom is -0.478 e. The van der Waals surface area contributed by atoms with Crippen LogP contribution in [0.1, 0.15) is 22.0 Å². The molecule has 1 heterocycles. The molecule has 0 aliphatic carbocycles. The summed E-state index contributed by atoms with van der Waals surface area (Å²) in [5.41, 5.74) is 5.97. The monoisotopic (exact) mass is 212 g/mol. The molecule has 1 rings (SSSR count). The van der Waals surface area contributed by atoms with Crippen LogP contribution in [0.5, 0.6) is 0 Å². The van der Waals surface area contributed by atoms with E-state index in [4.69, 9.17) is 22.4 Å². The first-order valence-electron chi connectivity index (χ1n) is 3.83. The maximum absolute atomic E-state index is 10.8. The summed E-state index contributed by atoms with van der Waals surface area (Å²) in [4.78, 5) is 14.6. The molecule has 3 N–H and O–H groups in total. The first-order valence-corrected chi connectivity index (χ1v) is 4.21. The first kappa shape index (κ1) is 10.7. The Morgan fingerprint density at radius 2 is 2.43 bits per heavy atom. The molecule has 4 nitrogen and oxygen atoms in total. The fourth-order valence-corrected chi connectivity index (χ4v) is 1.35. The molecule has 74 valence electrons. The van der Waals surface area contributed by atoms with Gasteiger partial charge >= 0.3 is 5.97 Å². The third-order valence-electron chi connectivity index (χ3n) is 1.76. The molecule has 0 saturated carbocycles. The highest BCUT2D eigenvalue weighted by molar-refractivity contribution is 6.30. The number of carboxylic acid groups (broad SMARTS) is 1. The number of carbonyl (C=O) groups is 1. The zero-order valence-electron chi connectivity index (χ0n) is 7.27. The van der Waals surface area contributed by atoms with Crippen molar-refractivity contribution in [1.29, 1.82) is 0 Å². The molecule has 0 spiro atoms. The molecular formula is C9H9ClN2O2. The predicted molar refractivity (Wildman–Crippen MR) is 53.3 cm³/mol. The summed E-state index contributed by atoms with van der Waals surface area (Å²) in [5.74, 6) is -1.08. The van der Waals surface area contributed by atoms with Crippen molar-refractivity contribution in [3.8, 4) is 0 Å². The second-order valence-electron chi connectivity index (χ2n) is 2.63. The molecule has 0 amide bonds. The quantitative estimate of drug-likeness (QED) is 0.590. The Labute approximate surface area is 86.0 Å². The first-order chi connectivity index (χ1) is 6.57. The largest absolute Gasteiger partial charge is 0.478 e. The standard InChI is InChI=1S/C9H9ClN2O2/c1-2-6(11)7-5(9(13)14)3-4-12-8(7)10/h2-4,6H,1,11H2,(H,13,14). The molecule has 1 aromatic rings. The SMILES string of the molecule is C=CC(N)c1c(C(=O)O)ccnc1Cl. The minimum absolute atomic E-state index is 0.0531. The van der Waals surface area contributed by atoms with Crippen LogP contribution in [-0.4, -0.2) is 16.1 Å². The minimum atomic E-state index is -1.08. The zero-order valence-corrected chi connectivity index (χ0v) is 8.03. The number of carboxylic acids is 1. The second-order valence-corrected chi connectivity index (χ2v) is 2.99. The number of hydrogen-bond donors (Lipinski definition) is 2. The molecule has 14 heavy (non-hydrogen) atoms. The third kappa shape index (κ3) is 1.92. The number of aromatic carboxylic acids is 1. The number of aromatic nitrogens is 1. The van der Waals surface area contributed by atoms with Crippen molar-refractivity contribution in [3.05, 3.63) is 41.2 Å². The van der Waals surface area contributed by atoms with Crippen LogP contribution in [0.3, 0.4) is 0 Å². The van der Waals surface area contributed by atoms with Gasteiger partial charge in [-0.05, 0) is 6.07 Å². The Kier molecular flexibility index (Phi) is 3.22. The molecule has 0 aliphatic rings. The molecule has 0 aliphatic heterocycles. The van der Waals surface area contributed by atoms with Crippen LogP contribution in [0, 0.1) is 0 Å². The Morgan fingerprint density at radius 3 is 2.93 bits per heavy atom. The van der Waals surface area contributed by atoms with Gasteiger partial charge in [-0.1, -0.05) is 17.7 Å². The maximum atomic E-state index is 10.8. The molecule has 0 radical (unpaired) electrons. The van der Waals surface area contributed by atoms with Gasteiger partial charge in [0.25, 0.3) is 0 Å². The van der Waals surface area contributed by atoms with Gasteiger partial charge in [0.1, 0.15) is 5.15 Å². The van der Waals surface area contributed by atoms with E-state index in [0.29, 0.717) is 0 Å². The van der Waals surface area contributed by atoms with Crippen LogP contribution < -0.4 is 5.73 Å². The van der Waals surface area contributed by atoms with Crippen LogP contribution in [-0.2, 0) is 0 Å². The van der Waals surface area contributed by atoms with Crippen LogP contribution in [0.4, 0.5) is 0 Å². The van der Waals surface area contributed by atoms with Gasteiger partial charge in [-0.3, -0.25) is 0 Å². The van der Waals surface area contributed by atoms with Crippen LogP contribution in [0.25, 0.3) is 0 Å². The van der Waals surface area contributed by atoms with Crippen molar-refractivity contribution < 1.29 is 9.90 Å². The zero-order chi connectivity index (χ0) is 10.7. The van der Waals surface area contributed by atoms with E-state index in [-0.39, 0.29) is 16.3 Å². The summed E-state index contributed by atoms with van der Waals surface area (Å²) in [7, 11) is 0. The second kappa shape index (κ2) is 4.21. The van der Waals surface area contributed by atoms with Gasteiger partial charge < -0.3 is 10.8 Å². The van der Waals surface area contributed by atoms with Gasteiger partial charge in [0, 0.05) is 11.8 Å². The highest BCUT2D eigenvalue weighted by Gasteiger charge is 2.17. The molecule has 0 bridgehead atoms. The van der Waals surface area contributed by atoms with Crippen molar-refractivity contribution in [1.82, 2.24) is 4.98 Å². The highest BCUT2D eigenvalue weighted by Crippen LogP contribution is 2.23. The van der Waals surface area contributed by atoms with E-state index in [9.17, 15) is 4.79 Å². The lowest BCUT2D eigenvalue weighted by atomic mass is 10.0. The summed E-state index contributed by atoms with van der Waals surface area (Å²) in [6, 6.07) is 0.731. The van der Waals surface area contributed by atoms with Gasteiger partial charge in [-0.15, -0.1) is 6.58 Å². The number of hydrogen-bond acceptors (Lipinski definition) is 3. The number of halogens is 1. The lowest BCUT2D eigenvalue weighted by molar-refractivity contribution is 0.0695. The number of nitrogens with zero attached hydrogens (tertiary/aromatic N) is 1. The van der Waals surface area contributed by atoms with E-state index in [0.717, 1.165) is 0 Å². The summed E-state index contributed by atoms with van der Waals surface area (Å²) >= 11 is 5.74. The van der Waals surface area contributed by atoms with E-state index in [2.05, 4.69) is 11.6 Å². The number of nitrogens with two attached hydrogens (primary N) is 1. The average molecular weight is 213 g/mol. The summed E-state index contributed by atoms with van der Waals surface area (Å²) < 4.78 is 0. The van der Waals surface area contributed by atoms with Crippen molar-refractivity contribution in [3.63, 3.8) is 0 Å². The van der Waals surface area contributed by atoms with Crippen molar-refractivity contribution in [2.24, 2.45) is 5.73 Å². The summed E-state index contributed by atoms with van der Waals surface area (Å²) in [6.45, 7) is 3.47. The average Bonchev–Trinajstić information content (AvgIpc) is 2.16. The van der Waals surface area contributed by atoms with Crippen molar-refractivity contribution in [2.75, 3.05) is 0 Å². The highest BCUT2D eigenvalue weighted by atomic mass is 35.5. The van der Waals surface area contributed by atoms with E-state index >= 15 is 0 Å². The molecule has 0 aromatic carbocycles. The number of rotatable bonds is 3. The van der Waals surface area contributed by atoms with Gasteiger partial charge in [0.2, 0.25) is 0 Å². The predicted octanol–water partition coefficient (Wildman–Crippen LogP) is 1.62. The molecule has 0 saturated heterocycles. The fourth-order valence-electron chi connectivity index (χ4n) is 1.07. The van der Waals surface area contributed by atoms with Crippen LogP contribution in [0.15, 0.2) is 24.9 Å². The van der Waals surface area contributed by atoms with E-state index < -0.39 is 12.0 Å². The van der Waals surface area contributed by atoms with Gasteiger partial charge in [-0.25, -0.2) is 9.78 Å². The molecule has 1 unspecified atom stereocenters. The Hall–Kier alpha value is -1.39. The van der Waals surface area contributed by atoms with E-state index in [1.54, 1.807) is 0 Å². The van der Waals surface area contributed by atoms with E-state index in [1.807, 2.05) is 0 Å². The fraction of sp³-hybridized carbons (Fsp3) is 0.111. The molecule has 5 heteroatoms. The molecular weight excluding hydrogens is 204 g/mol. The van der Waals surface area contributed by atoms with Crippen molar-refractivity contribution >= 4 is 17.6 Å². The van der Waals surface area contributed by atoms with Gasteiger partial charge in [0.15, 0.2) is 0 Å². The molecule has 1 atom stereocenters. The summed E-state index contributed by atoms with van der Waals surface area (Å²) in [6.07, 6.45) is 2.74. The maximum Gasteiger partial charge on any atom is 0.336 e. The lowest BCUT2D eigenvalue weighted by Crippen LogP contribution is -2.14. The molecule has 0 fully saturated rings. The number of pyridine rings is 1. The molecule has 1 aromatic heterocycles. The van der Waals surface area contributed by atoms with Crippen LogP contribution >= 0.6 is 11.6 Å². The Morgan fingerprint density at radius 1 is 1.79 bits per heavy atom. The smallest absolute Gasteiger partial charge is 0.336 e. The Bertz CT molecular complexity index is 379. The van der Waals surface area contributed by atoms with Crippen LogP contribution in [0.2, 0.25) is 5.15 Å². The van der Waals surface area contributed by atoms with E-state index in [1.165, 1.54) is 18.3 Å². The summed E-state index contributed by atoms with van der Waals surface area (Å²) in [5, 5.41) is 8.95. The third-order valence-corrected chi connectivity index (χ3v) is 2.06. The lowest BCUT2D eigenvalue weighted by Gasteiger charge is -2.11. The van der Waals surface area contributed by atoms with Gasteiger partial charge in [0.05, 0.1) is 11.6 Å². The van der Waals surface area contributed by atoms with Gasteiger partial charge in [-0.2, -0.15) is 0 Å². The normalized spacial score (nSPS) is 12.1. The van der Waals surface area contributed by atoms with Crippen molar-refractivity contribution in [2.45, 2.75) is 6.04 Å². The Balaban J connectivity index is 3.36.